The zero-order valence-electron chi connectivity index (χ0n) is 7.14. The minimum absolute atomic E-state index is 0. The van der Waals surface area contributed by atoms with E-state index in [-0.39, 0.29) is 12.4 Å². The fourth-order valence-electron chi connectivity index (χ4n) is 1.35. The van der Waals surface area contributed by atoms with Crippen LogP contribution in [0.4, 0.5) is 0 Å². The largest absolute Gasteiger partial charge is 0.381 e. The molecule has 1 N–H and O–H groups in total. The second-order valence-electron chi connectivity index (χ2n) is 2.87. The Kier molecular flexibility index (Phi) is 7.02. The Labute approximate surface area is 75.1 Å². The van der Waals surface area contributed by atoms with Gasteiger partial charge in [-0.25, -0.2) is 0 Å². The minimum atomic E-state index is 0. The van der Waals surface area contributed by atoms with Crippen LogP contribution < -0.4 is 5.32 Å². The average Bonchev–Trinajstić information content (AvgIpc) is 2.03. The normalized spacial score (nSPS) is 24.3. The van der Waals surface area contributed by atoms with Crippen molar-refractivity contribution in [3.63, 3.8) is 0 Å². The molecule has 1 aliphatic rings. The molecule has 0 bridgehead atoms. The van der Waals surface area contributed by atoms with Gasteiger partial charge in [0.25, 0.3) is 0 Å². The van der Waals surface area contributed by atoms with E-state index in [2.05, 4.69) is 12.2 Å². The topological polar surface area (TPSA) is 21.3 Å². The van der Waals surface area contributed by atoms with Gasteiger partial charge in [-0.3, -0.25) is 0 Å². The number of hydrogen-bond acceptors (Lipinski definition) is 2. The van der Waals surface area contributed by atoms with E-state index in [0.717, 1.165) is 25.7 Å². The van der Waals surface area contributed by atoms with Crippen molar-refractivity contribution in [1.82, 2.24) is 5.32 Å². The van der Waals surface area contributed by atoms with Crippen molar-refractivity contribution in [2.24, 2.45) is 5.92 Å². The summed E-state index contributed by atoms with van der Waals surface area (Å²) in [4.78, 5) is 0. The molecule has 1 heterocycles. The molecular weight excluding hydrogens is 162 g/mol. The highest BCUT2D eigenvalue weighted by atomic mass is 35.5. The van der Waals surface area contributed by atoms with Gasteiger partial charge in [0.2, 0.25) is 0 Å². The quantitative estimate of drug-likeness (QED) is 0.708. The van der Waals surface area contributed by atoms with Crippen molar-refractivity contribution in [3.8, 4) is 0 Å². The third-order valence-electron chi connectivity index (χ3n) is 1.96. The number of ether oxygens (including phenoxy) is 1. The first-order valence-corrected chi connectivity index (χ1v) is 4.22. The highest BCUT2D eigenvalue weighted by molar-refractivity contribution is 5.85. The molecule has 1 fully saturated rings. The third-order valence-corrected chi connectivity index (χ3v) is 1.96. The van der Waals surface area contributed by atoms with Crippen LogP contribution in [0.2, 0.25) is 0 Å². The van der Waals surface area contributed by atoms with Crippen molar-refractivity contribution in [2.75, 3.05) is 26.3 Å². The monoisotopic (exact) mass is 179 g/mol. The lowest BCUT2D eigenvalue weighted by molar-refractivity contribution is 0.0998. The van der Waals surface area contributed by atoms with Crippen LogP contribution in [0.3, 0.4) is 0 Å². The fourth-order valence-corrected chi connectivity index (χ4v) is 1.35. The first kappa shape index (κ1) is 11.2. The Bertz CT molecular complexity index is 84.2. The lowest BCUT2D eigenvalue weighted by atomic mass is 10.0. The third kappa shape index (κ3) is 4.62. The molecule has 0 saturated carbocycles. The fraction of sp³-hybridized carbons (Fsp3) is 1.00. The average molecular weight is 180 g/mol. The van der Waals surface area contributed by atoms with Gasteiger partial charge in [0.1, 0.15) is 0 Å². The summed E-state index contributed by atoms with van der Waals surface area (Å²) in [5, 5.41) is 3.36. The molecule has 11 heavy (non-hydrogen) atoms. The molecule has 1 atom stereocenters. The van der Waals surface area contributed by atoms with Gasteiger partial charge in [-0.05, 0) is 32.2 Å². The molecule has 0 spiro atoms. The van der Waals surface area contributed by atoms with Gasteiger partial charge in [-0.15, -0.1) is 12.4 Å². The van der Waals surface area contributed by atoms with E-state index in [0.29, 0.717) is 0 Å². The van der Waals surface area contributed by atoms with Gasteiger partial charge < -0.3 is 10.1 Å². The summed E-state index contributed by atoms with van der Waals surface area (Å²) in [6, 6.07) is 0. The molecule has 1 aliphatic heterocycles. The van der Waals surface area contributed by atoms with Crippen LogP contribution in [0.1, 0.15) is 19.8 Å². The van der Waals surface area contributed by atoms with Crippen molar-refractivity contribution in [2.45, 2.75) is 19.8 Å². The van der Waals surface area contributed by atoms with Gasteiger partial charge in [0.05, 0.1) is 6.61 Å². The van der Waals surface area contributed by atoms with Gasteiger partial charge >= 0.3 is 0 Å². The smallest absolute Gasteiger partial charge is 0.0506 e. The molecule has 0 aromatic rings. The molecule has 1 rings (SSSR count). The van der Waals surface area contributed by atoms with E-state index in [9.17, 15) is 0 Å². The van der Waals surface area contributed by atoms with Crippen molar-refractivity contribution >= 4 is 12.4 Å². The van der Waals surface area contributed by atoms with Crippen molar-refractivity contribution in [1.29, 1.82) is 0 Å². The molecule has 0 aromatic heterocycles. The first-order chi connectivity index (χ1) is 4.93. The highest BCUT2D eigenvalue weighted by Crippen LogP contribution is 2.09. The molecular formula is C8H18ClNO. The van der Waals surface area contributed by atoms with Gasteiger partial charge in [0.15, 0.2) is 0 Å². The molecule has 3 heteroatoms. The van der Waals surface area contributed by atoms with Crippen LogP contribution in [0.15, 0.2) is 0 Å². The van der Waals surface area contributed by atoms with E-state index < -0.39 is 0 Å². The summed E-state index contributed by atoms with van der Waals surface area (Å²) < 4.78 is 5.33. The van der Waals surface area contributed by atoms with Crippen LogP contribution in [0.25, 0.3) is 0 Å². The predicted octanol–water partition coefficient (Wildman–Crippen LogP) is 1.44. The predicted molar refractivity (Wildman–Crippen MR) is 49.3 cm³/mol. The van der Waals surface area contributed by atoms with Crippen molar-refractivity contribution < 1.29 is 4.74 Å². The van der Waals surface area contributed by atoms with E-state index in [4.69, 9.17) is 4.74 Å². The van der Waals surface area contributed by atoms with E-state index in [1.165, 1.54) is 19.4 Å². The number of halogens is 1. The molecule has 0 aliphatic carbocycles. The summed E-state index contributed by atoms with van der Waals surface area (Å²) in [5.74, 6) is 0.772. The maximum Gasteiger partial charge on any atom is 0.0506 e. The van der Waals surface area contributed by atoms with Crippen LogP contribution in [-0.2, 0) is 4.74 Å². The Balaban J connectivity index is 0.000001000. The first-order valence-electron chi connectivity index (χ1n) is 4.22. The second kappa shape index (κ2) is 6.89. The second-order valence-corrected chi connectivity index (χ2v) is 2.87. The lowest BCUT2D eigenvalue weighted by Crippen LogP contribution is -2.32. The van der Waals surface area contributed by atoms with Crippen LogP contribution in [0.5, 0.6) is 0 Å². The molecule has 0 amide bonds. The van der Waals surface area contributed by atoms with Crippen LogP contribution in [-0.4, -0.2) is 26.3 Å². The summed E-state index contributed by atoms with van der Waals surface area (Å²) in [6.45, 7) is 6.21. The zero-order chi connectivity index (χ0) is 7.23. The lowest BCUT2D eigenvalue weighted by Gasteiger charge is -2.21. The van der Waals surface area contributed by atoms with Gasteiger partial charge in [0, 0.05) is 13.2 Å². The van der Waals surface area contributed by atoms with Gasteiger partial charge in [-0.2, -0.15) is 0 Å². The highest BCUT2D eigenvalue weighted by Gasteiger charge is 2.11. The maximum absolute atomic E-state index is 5.33. The van der Waals surface area contributed by atoms with Crippen LogP contribution in [0, 0.1) is 5.92 Å². The number of piperidine rings is 1. The summed E-state index contributed by atoms with van der Waals surface area (Å²) in [7, 11) is 0. The maximum atomic E-state index is 5.33. The Morgan fingerprint density at radius 2 is 2.36 bits per heavy atom. The molecule has 0 aromatic carbocycles. The minimum Gasteiger partial charge on any atom is -0.381 e. The van der Waals surface area contributed by atoms with Crippen LogP contribution >= 0.6 is 12.4 Å². The number of nitrogens with one attached hydrogen (secondary N) is 1. The Hall–Kier alpha value is 0.210. The summed E-state index contributed by atoms with van der Waals surface area (Å²) in [5.41, 5.74) is 0. The van der Waals surface area contributed by atoms with Gasteiger partial charge in [-0.1, -0.05) is 0 Å². The number of hydrogen-bond donors (Lipinski definition) is 1. The van der Waals surface area contributed by atoms with E-state index >= 15 is 0 Å². The summed E-state index contributed by atoms with van der Waals surface area (Å²) in [6.07, 6.45) is 2.66. The molecule has 0 radical (unpaired) electrons. The molecule has 0 unspecified atom stereocenters. The summed E-state index contributed by atoms with van der Waals surface area (Å²) >= 11 is 0. The Morgan fingerprint density at radius 3 is 2.91 bits per heavy atom. The van der Waals surface area contributed by atoms with E-state index in [1.54, 1.807) is 0 Å². The molecule has 2 nitrogen and oxygen atoms in total. The van der Waals surface area contributed by atoms with E-state index in [1.807, 2.05) is 0 Å². The SMILES string of the molecule is CCOC[C@H]1CCCNC1.Cl. The standard InChI is InChI=1S/C8H17NO.ClH/c1-2-10-7-8-4-3-5-9-6-8;/h8-9H,2-7H2,1H3;1H/t8-;/m0./s1. The molecule has 1 saturated heterocycles. The van der Waals surface area contributed by atoms with Crippen molar-refractivity contribution in [3.05, 3.63) is 0 Å². The molecule has 68 valence electrons. The Morgan fingerprint density at radius 1 is 1.55 bits per heavy atom. The number of rotatable bonds is 3. The zero-order valence-corrected chi connectivity index (χ0v) is 7.95.